The lowest BCUT2D eigenvalue weighted by Gasteiger charge is -2.36. The van der Waals surface area contributed by atoms with Crippen LogP contribution in [0.15, 0.2) is 82.7 Å². The number of thioether (sulfide) groups is 1. The number of carbonyl (C=O) groups is 2. The number of amides is 2. The predicted octanol–water partition coefficient (Wildman–Crippen LogP) is 4.48. The number of piperazine rings is 1. The predicted molar refractivity (Wildman–Crippen MR) is 143 cm³/mol. The van der Waals surface area contributed by atoms with Crippen LogP contribution in [0.2, 0.25) is 5.02 Å². The van der Waals surface area contributed by atoms with Gasteiger partial charge in [0.15, 0.2) is 0 Å². The molecule has 188 valence electrons. The standard InChI is InChI=1S/C26H23ClN6O3S/c27-20-3-1-2-19(16-20)25(35)33-14-12-32(13-15-33)22-6-4-21(5-7-22)29-23(34)17-37-26-31-30-24(36-26)18-8-10-28-11-9-18/h1-11,16H,12-15,17H2,(H,29,34). The molecule has 0 atom stereocenters. The molecule has 3 heterocycles. The molecule has 2 amide bonds. The molecule has 0 aliphatic carbocycles. The van der Waals surface area contributed by atoms with Gasteiger partial charge in [-0.1, -0.05) is 29.4 Å². The number of aromatic nitrogens is 3. The van der Waals surface area contributed by atoms with Gasteiger partial charge >= 0.3 is 0 Å². The Morgan fingerprint density at radius 3 is 2.46 bits per heavy atom. The van der Waals surface area contributed by atoms with Crippen molar-refractivity contribution in [1.29, 1.82) is 0 Å². The second-order valence-electron chi connectivity index (χ2n) is 8.28. The third kappa shape index (κ3) is 6.28. The van der Waals surface area contributed by atoms with E-state index < -0.39 is 0 Å². The highest BCUT2D eigenvalue weighted by molar-refractivity contribution is 7.99. The van der Waals surface area contributed by atoms with E-state index in [2.05, 4.69) is 25.4 Å². The molecule has 11 heteroatoms. The van der Waals surface area contributed by atoms with E-state index in [1.165, 1.54) is 11.8 Å². The Balaban J connectivity index is 1.09. The van der Waals surface area contributed by atoms with E-state index in [0.717, 1.165) is 24.3 Å². The van der Waals surface area contributed by atoms with Crippen molar-refractivity contribution in [2.24, 2.45) is 0 Å². The average Bonchev–Trinajstić information content (AvgIpc) is 3.42. The largest absolute Gasteiger partial charge is 0.411 e. The van der Waals surface area contributed by atoms with Gasteiger partial charge < -0.3 is 19.5 Å². The fraction of sp³-hybridized carbons (Fsp3) is 0.192. The van der Waals surface area contributed by atoms with Crippen LogP contribution in [0.4, 0.5) is 11.4 Å². The number of nitrogens with zero attached hydrogens (tertiary/aromatic N) is 5. The third-order valence-electron chi connectivity index (χ3n) is 5.82. The minimum atomic E-state index is -0.172. The van der Waals surface area contributed by atoms with Crippen molar-refractivity contribution < 1.29 is 14.0 Å². The Labute approximate surface area is 222 Å². The molecule has 5 rings (SSSR count). The Morgan fingerprint density at radius 1 is 0.973 bits per heavy atom. The van der Waals surface area contributed by atoms with Crippen molar-refractivity contribution in [3.8, 4) is 11.5 Å². The Hall–Kier alpha value is -3.89. The fourth-order valence-electron chi connectivity index (χ4n) is 3.93. The first-order valence-electron chi connectivity index (χ1n) is 11.6. The lowest BCUT2D eigenvalue weighted by molar-refractivity contribution is -0.113. The minimum Gasteiger partial charge on any atom is -0.411 e. The molecule has 1 saturated heterocycles. The zero-order valence-corrected chi connectivity index (χ0v) is 21.3. The lowest BCUT2D eigenvalue weighted by Crippen LogP contribution is -2.48. The van der Waals surface area contributed by atoms with Crippen LogP contribution >= 0.6 is 23.4 Å². The minimum absolute atomic E-state index is 0.00722. The van der Waals surface area contributed by atoms with Crippen molar-refractivity contribution >= 4 is 46.6 Å². The van der Waals surface area contributed by atoms with Gasteiger partial charge in [-0.15, -0.1) is 10.2 Å². The molecule has 0 bridgehead atoms. The summed E-state index contributed by atoms with van der Waals surface area (Å²) >= 11 is 7.20. The van der Waals surface area contributed by atoms with Gasteiger partial charge in [-0.25, -0.2) is 0 Å². The van der Waals surface area contributed by atoms with Gasteiger partial charge in [-0.3, -0.25) is 14.6 Å². The van der Waals surface area contributed by atoms with Crippen LogP contribution < -0.4 is 10.2 Å². The van der Waals surface area contributed by atoms with Gasteiger partial charge in [0.05, 0.1) is 5.75 Å². The van der Waals surface area contributed by atoms with Crippen LogP contribution in [0.25, 0.3) is 11.5 Å². The molecule has 1 aliphatic rings. The topological polar surface area (TPSA) is 104 Å². The van der Waals surface area contributed by atoms with E-state index in [-0.39, 0.29) is 17.6 Å². The first-order chi connectivity index (χ1) is 18.0. The van der Waals surface area contributed by atoms with E-state index in [1.807, 2.05) is 29.2 Å². The molecule has 0 saturated carbocycles. The number of anilines is 2. The Kier molecular flexibility index (Phi) is 7.67. The first kappa shape index (κ1) is 24.8. The third-order valence-corrected chi connectivity index (χ3v) is 6.87. The number of nitrogens with one attached hydrogen (secondary N) is 1. The summed E-state index contributed by atoms with van der Waals surface area (Å²) in [5.74, 6) is 0.347. The van der Waals surface area contributed by atoms with Gasteiger partial charge in [0.25, 0.3) is 11.1 Å². The smallest absolute Gasteiger partial charge is 0.277 e. The molecule has 37 heavy (non-hydrogen) atoms. The summed E-state index contributed by atoms with van der Waals surface area (Å²) in [5, 5.41) is 11.8. The SMILES string of the molecule is O=C(CSc1nnc(-c2ccncc2)o1)Nc1ccc(N2CCN(C(=O)c3cccc(Cl)c3)CC2)cc1. The van der Waals surface area contributed by atoms with Crippen molar-refractivity contribution in [1.82, 2.24) is 20.1 Å². The van der Waals surface area contributed by atoms with Crippen LogP contribution in [0.3, 0.4) is 0 Å². The molecule has 2 aromatic carbocycles. The number of rotatable bonds is 7. The van der Waals surface area contributed by atoms with Gasteiger partial charge in [0.1, 0.15) is 0 Å². The highest BCUT2D eigenvalue weighted by Crippen LogP contribution is 2.24. The molecule has 1 N–H and O–H groups in total. The summed E-state index contributed by atoms with van der Waals surface area (Å²) in [6.45, 7) is 2.69. The van der Waals surface area contributed by atoms with Crippen LogP contribution in [0, 0.1) is 0 Å². The summed E-state index contributed by atoms with van der Waals surface area (Å²) in [4.78, 5) is 33.2. The number of hydrogen-bond donors (Lipinski definition) is 1. The number of hydrogen-bond acceptors (Lipinski definition) is 8. The highest BCUT2D eigenvalue weighted by Gasteiger charge is 2.22. The Morgan fingerprint density at radius 2 is 1.73 bits per heavy atom. The van der Waals surface area contributed by atoms with Gasteiger partial charge in [0.2, 0.25) is 11.8 Å². The zero-order valence-electron chi connectivity index (χ0n) is 19.7. The van der Waals surface area contributed by atoms with Gasteiger partial charge in [0, 0.05) is 66.1 Å². The second-order valence-corrected chi connectivity index (χ2v) is 9.65. The van der Waals surface area contributed by atoms with Crippen LogP contribution in [0.1, 0.15) is 10.4 Å². The van der Waals surface area contributed by atoms with E-state index >= 15 is 0 Å². The van der Waals surface area contributed by atoms with Crippen molar-refractivity contribution in [3.05, 3.63) is 83.6 Å². The van der Waals surface area contributed by atoms with Crippen LogP contribution in [-0.4, -0.2) is 63.8 Å². The molecular formula is C26H23ClN6O3S. The molecule has 2 aromatic heterocycles. The molecule has 4 aromatic rings. The lowest BCUT2D eigenvalue weighted by atomic mass is 10.1. The normalized spacial score (nSPS) is 13.4. The van der Waals surface area contributed by atoms with E-state index in [4.69, 9.17) is 16.0 Å². The first-order valence-corrected chi connectivity index (χ1v) is 13.0. The highest BCUT2D eigenvalue weighted by atomic mass is 35.5. The van der Waals surface area contributed by atoms with Crippen molar-refractivity contribution in [2.45, 2.75) is 5.22 Å². The monoisotopic (exact) mass is 534 g/mol. The molecule has 0 spiro atoms. The van der Waals surface area contributed by atoms with Crippen molar-refractivity contribution in [3.63, 3.8) is 0 Å². The second kappa shape index (κ2) is 11.4. The number of benzene rings is 2. The number of halogens is 1. The molecule has 1 aliphatic heterocycles. The number of pyridine rings is 1. The molecule has 0 radical (unpaired) electrons. The summed E-state index contributed by atoms with van der Waals surface area (Å²) in [6, 6.07) is 18.3. The molecular weight excluding hydrogens is 512 g/mol. The quantitative estimate of drug-likeness (QED) is 0.346. The van der Waals surface area contributed by atoms with Crippen molar-refractivity contribution in [2.75, 3.05) is 42.1 Å². The maximum absolute atomic E-state index is 12.7. The Bertz CT molecular complexity index is 1370. The van der Waals surface area contributed by atoms with Gasteiger partial charge in [-0.2, -0.15) is 0 Å². The fourth-order valence-corrected chi connectivity index (χ4v) is 4.68. The molecule has 9 nitrogen and oxygen atoms in total. The zero-order chi connectivity index (χ0) is 25.6. The summed E-state index contributed by atoms with van der Waals surface area (Å²) in [7, 11) is 0. The average molecular weight is 535 g/mol. The van der Waals surface area contributed by atoms with E-state index in [0.29, 0.717) is 40.5 Å². The van der Waals surface area contributed by atoms with E-state index in [1.54, 1.807) is 48.8 Å². The molecule has 1 fully saturated rings. The summed E-state index contributed by atoms with van der Waals surface area (Å²) in [6.07, 6.45) is 3.29. The van der Waals surface area contributed by atoms with E-state index in [9.17, 15) is 9.59 Å². The molecule has 0 unspecified atom stereocenters. The van der Waals surface area contributed by atoms with Crippen LogP contribution in [0.5, 0.6) is 0 Å². The van der Waals surface area contributed by atoms with Gasteiger partial charge in [-0.05, 0) is 54.6 Å². The number of carbonyl (C=O) groups excluding carboxylic acids is 2. The van der Waals surface area contributed by atoms with Crippen LogP contribution in [-0.2, 0) is 4.79 Å². The summed E-state index contributed by atoms with van der Waals surface area (Å²) in [5.41, 5.74) is 3.12. The maximum atomic E-state index is 12.7. The summed E-state index contributed by atoms with van der Waals surface area (Å²) < 4.78 is 5.60. The maximum Gasteiger partial charge on any atom is 0.277 e.